The van der Waals surface area contributed by atoms with Crippen molar-refractivity contribution in [3.63, 3.8) is 0 Å². The standard InChI is InChI=1S/C20H24N2O4S/c1-14-3-5-15(6-4-14)17-7-10-27-19(17)20(25)22-8-9-26-16(12-22)11-21(2)13-18(23)24/h3-7,10,16H,8-9,11-13H2,1-2H3,(H,23,24). The first-order valence-corrected chi connectivity index (χ1v) is 9.77. The summed E-state index contributed by atoms with van der Waals surface area (Å²) in [6.45, 7) is 3.94. The molecule has 0 aliphatic carbocycles. The van der Waals surface area contributed by atoms with Crippen molar-refractivity contribution in [2.24, 2.45) is 0 Å². The molecule has 1 unspecified atom stereocenters. The molecule has 1 aromatic heterocycles. The van der Waals surface area contributed by atoms with Gasteiger partial charge in [-0.1, -0.05) is 29.8 Å². The lowest BCUT2D eigenvalue weighted by Gasteiger charge is -2.34. The minimum Gasteiger partial charge on any atom is -0.480 e. The third-order valence-electron chi connectivity index (χ3n) is 4.57. The van der Waals surface area contributed by atoms with Crippen molar-refractivity contribution in [1.82, 2.24) is 9.80 Å². The van der Waals surface area contributed by atoms with Crippen LogP contribution in [0.2, 0.25) is 0 Å². The van der Waals surface area contributed by atoms with Crippen LogP contribution in [0.1, 0.15) is 15.2 Å². The summed E-state index contributed by atoms with van der Waals surface area (Å²) in [5.41, 5.74) is 3.18. The van der Waals surface area contributed by atoms with Crippen LogP contribution in [-0.4, -0.2) is 72.7 Å². The SMILES string of the molecule is Cc1ccc(-c2ccsc2C(=O)N2CCOC(CN(C)CC(=O)O)C2)cc1. The number of rotatable bonds is 6. The van der Waals surface area contributed by atoms with E-state index in [1.165, 1.54) is 16.9 Å². The van der Waals surface area contributed by atoms with Gasteiger partial charge in [0.25, 0.3) is 5.91 Å². The van der Waals surface area contributed by atoms with Crippen molar-refractivity contribution in [2.75, 3.05) is 39.8 Å². The summed E-state index contributed by atoms with van der Waals surface area (Å²) in [6, 6.07) is 10.2. The Morgan fingerprint density at radius 3 is 2.74 bits per heavy atom. The number of hydrogen-bond acceptors (Lipinski definition) is 5. The van der Waals surface area contributed by atoms with E-state index in [1.54, 1.807) is 11.9 Å². The fourth-order valence-electron chi connectivity index (χ4n) is 3.24. The normalized spacial score (nSPS) is 17.3. The second-order valence-electron chi connectivity index (χ2n) is 6.86. The number of aliphatic carboxylic acids is 1. The zero-order valence-electron chi connectivity index (χ0n) is 15.6. The molecule has 0 spiro atoms. The third kappa shape index (κ3) is 4.94. The van der Waals surface area contributed by atoms with Crippen LogP contribution in [0.5, 0.6) is 0 Å². The second-order valence-corrected chi connectivity index (χ2v) is 7.78. The minimum atomic E-state index is -0.873. The molecule has 2 heterocycles. The molecule has 6 nitrogen and oxygen atoms in total. The number of nitrogens with zero attached hydrogens (tertiary/aromatic N) is 2. The van der Waals surface area contributed by atoms with Gasteiger partial charge in [0.1, 0.15) is 0 Å². The van der Waals surface area contributed by atoms with Crippen LogP contribution < -0.4 is 0 Å². The Morgan fingerprint density at radius 1 is 1.30 bits per heavy atom. The zero-order chi connectivity index (χ0) is 19.4. The van der Waals surface area contributed by atoms with E-state index in [4.69, 9.17) is 9.84 Å². The quantitative estimate of drug-likeness (QED) is 0.824. The van der Waals surface area contributed by atoms with Gasteiger partial charge >= 0.3 is 5.97 Å². The highest BCUT2D eigenvalue weighted by Gasteiger charge is 2.28. The summed E-state index contributed by atoms with van der Waals surface area (Å²) in [7, 11) is 1.74. The molecular formula is C20H24N2O4S. The van der Waals surface area contributed by atoms with E-state index < -0.39 is 5.97 Å². The average molecular weight is 388 g/mol. The molecule has 1 aliphatic heterocycles. The fraction of sp³-hybridized carbons (Fsp3) is 0.400. The number of hydrogen-bond donors (Lipinski definition) is 1. The van der Waals surface area contributed by atoms with E-state index in [0.29, 0.717) is 26.2 Å². The Hall–Kier alpha value is -2.22. The molecule has 7 heteroatoms. The maximum atomic E-state index is 13.1. The van der Waals surface area contributed by atoms with Gasteiger partial charge in [0.05, 0.1) is 24.1 Å². The third-order valence-corrected chi connectivity index (χ3v) is 5.47. The van der Waals surface area contributed by atoms with Gasteiger partial charge in [-0.2, -0.15) is 0 Å². The zero-order valence-corrected chi connectivity index (χ0v) is 16.4. The summed E-state index contributed by atoms with van der Waals surface area (Å²) in [5, 5.41) is 10.8. The summed E-state index contributed by atoms with van der Waals surface area (Å²) < 4.78 is 5.73. The molecule has 0 saturated carbocycles. The van der Waals surface area contributed by atoms with Crippen molar-refractivity contribution in [3.05, 3.63) is 46.2 Å². The Balaban J connectivity index is 1.70. The van der Waals surface area contributed by atoms with Crippen LogP contribution in [-0.2, 0) is 9.53 Å². The topological polar surface area (TPSA) is 70.1 Å². The molecule has 144 valence electrons. The number of aryl methyl sites for hydroxylation is 1. The van der Waals surface area contributed by atoms with Crippen LogP contribution in [0, 0.1) is 6.92 Å². The van der Waals surface area contributed by atoms with Gasteiger partial charge in [-0.15, -0.1) is 11.3 Å². The fourth-order valence-corrected chi connectivity index (χ4v) is 4.12. The lowest BCUT2D eigenvalue weighted by atomic mass is 10.0. The van der Waals surface area contributed by atoms with Gasteiger partial charge < -0.3 is 14.7 Å². The van der Waals surface area contributed by atoms with Crippen molar-refractivity contribution in [1.29, 1.82) is 0 Å². The van der Waals surface area contributed by atoms with Crippen LogP contribution >= 0.6 is 11.3 Å². The summed E-state index contributed by atoms with van der Waals surface area (Å²) in [4.78, 5) is 28.2. The van der Waals surface area contributed by atoms with Crippen LogP contribution in [0.15, 0.2) is 35.7 Å². The van der Waals surface area contributed by atoms with Crippen molar-refractivity contribution in [3.8, 4) is 11.1 Å². The first-order valence-electron chi connectivity index (χ1n) is 8.90. The highest BCUT2D eigenvalue weighted by molar-refractivity contribution is 7.12. The number of carbonyl (C=O) groups excluding carboxylic acids is 1. The molecule has 1 amide bonds. The average Bonchev–Trinajstić information content (AvgIpc) is 3.11. The monoisotopic (exact) mass is 388 g/mol. The minimum absolute atomic E-state index is 0.00904. The number of amides is 1. The Kier molecular flexibility index (Phi) is 6.26. The highest BCUT2D eigenvalue weighted by atomic mass is 32.1. The maximum absolute atomic E-state index is 13.1. The van der Waals surface area contributed by atoms with Crippen LogP contribution in [0.4, 0.5) is 0 Å². The lowest BCUT2D eigenvalue weighted by molar-refractivity contribution is -0.138. The van der Waals surface area contributed by atoms with Crippen molar-refractivity contribution < 1.29 is 19.4 Å². The smallest absolute Gasteiger partial charge is 0.317 e. The largest absolute Gasteiger partial charge is 0.480 e. The Morgan fingerprint density at radius 2 is 2.04 bits per heavy atom. The number of morpholine rings is 1. The molecule has 1 aliphatic rings. The number of carboxylic acids is 1. The van der Waals surface area contributed by atoms with Crippen molar-refractivity contribution in [2.45, 2.75) is 13.0 Å². The van der Waals surface area contributed by atoms with E-state index in [-0.39, 0.29) is 18.6 Å². The molecule has 0 bridgehead atoms. The predicted molar refractivity (Wildman–Crippen MR) is 105 cm³/mol. The number of thiophene rings is 1. The molecule has 27 heavy (non-hydrogen) atoms. The van der Waals surface area contributed by atoms with E-state index in [2.05, 4.69) is 0 Å². The first kappa shape index (κ1) is 19.5. The second kappa shape index (κ2) is 8.65. The Labute approximate surface area is 163 Å². The number of benzene rings is 1. The number of ether oxygens (including phenoxy) is 1. The van der Waals surface area contributed by atoms with E-state index >= 15 is 0 Å². The molecule has 1 N–H and O–H groups in total. The molecule has 1 atom stereocenters. The van der Waals surface area contributed by atoms with Gasteiger partial charge in [0, 0.05) is 25.2 Å². The van der Waals surface area contributed by atoms with Gasteiger partial charge in [-0.25, -0.2) is 0 Å². The predicted octanol–water partition coefficient (Wildman–Crippen LogP) is 2.58. The summed E-state index contributed by atoms with van der Waals surface area (Å²) in [5.74, 6) is -0.864. The van der Waals surface area contributed by atoms with Crippen LogP contribution in [0.25, 0.3) is 11.1 Å². The molecule has 1 saturated heterocycles. The van der Waals surface area contributed by atoms with Gasteiger partial charge in [-0.3, -0.25) is 14.5 Å². The number of carboxylic acid groups (broad SMARTS) is 1. The number of likely N-dealkylation sites (N-methyl/N-ethyl adjacent to an activating group) is 1. The molecule has 1 fully saturated rings. The maximum Gasteiger partial charge on any atom is 0.317 e. The van der Waals surface area contributed by atoms with Gasteiger partial charge in [0.2, 0.25) is 0 Å². The van der Waals surface area contributed by atoms with Crippen molar-refractivity contribution >= 4 is 23.2 Å². The molecule has 1 aromatic carbocycles. The van der Waals surface area contributed by atoms with E-state index in [1.807, 2.05) is 47.5 Å². The molecule has 0 radical (unpaired) electrons. The summed E-state index contributed by atoms with van der Waals surface area (Å²) >= 11 is 1.45. The number of carbonyl (C=O) groups is 2. The first-order chi connectivity index (χ1) is 12.9. The molecular weight excluding hydrogens is 364 g/mol. The van der Waals surface area contributed by atoms with Gasteiger partial charge in [0.15, 0.2) is 0 Å². The lowest BCUT2D eigenvalue weighted by Crippen LogP contribution is -2.49. The summed E-state index contributed by atoms with van der Waals surface area (Å²) in [6.07, 6.45) is -0.185. The van der Waals surface area contributed by atoms with E-state index in [9.17, 15) is 9.59 Å². The highest BCUT2D eigenvalue weighted by Crippen LogP contribution is 2.30. The molecule has 2 aromatic rings. The van der Waals surface area contributed by atoms with Crippen LogP contribution in [0.3, 0.4) is 0 Å². The molecule has 3 rings (SSSR count). The van der Waals surface area contributed by atoms with Gasteiger partial charge in [-0.05, 0) is 31.0 Å². The Bertz CT molecular complexity index is 803. The van der Waals surface area contributed by atoms with E-state index in [0.717, 1.165) is 16.0 Å².